The van der Waals surface area contributed by atoms with Gasteiger partial charge in [0, 0.05) is 12.8 Å². The minimum Gasteiger partial charge on any atom is -0.285 e. The maximum Gasteiger partial charge on any atom is 0.277 e. The van der Waals surface area contributed by atoms with Crippen LogP contribution in [0, 0.1) is 0 Å². The monoisotopic (exact) mass is 394 g/mol. The van der Waals surface area contributed by atoms with Crippen molar-refractivity contribution in [2.75, 3.05) is 0 Å². The lowest BCUT2D eigenvalue weighted by Gasteiger charge is -2.16. The molecule has 0 saturated carbocycles. The van der Waals surface area contributed by atoms with Crippen molar-refractivity contribution in [1.29, 1.82) is 0 Å². The molecule has 2 fully saturated rings. The number of amides is 4. The normalized spacial score (nSPS) is 21.1. The zero-order valence-electron chi connectivity index (χ0n) is 14.9. The largest absolute Gasteiger partial charge is 0.285 e. The van der Waals surface area contributed by atoms with Gasteiger partial charge in [-0.05, 0) is 27.7 Å². The molecule has 2 aliphatic rings. The summed E-state index contributed by atoms with van der Waals surface area (Å²) in [5, 5.41) is -0.475. The first-order valence-corrected chi connectivity index (χ1v) is 9.37. The summed E-state index contributed by atoms with van der Waals surface area (Å²) in [5.41, 5.74) is 0. The molecule has 11 nitrogen and oxygen atoms in total. The Hall–Kier alpha value is -1.89. The molecule has 0 aromatic heterocycles. The van der Waals surface area contributed by atoms with E-state index in [9.17, 15) is 27.6 Å². The molecule has 0 aliphatic carbocycles. The third-order valence-electron chi connectivity index (χ3n) is 3.06. The SMILES string of the molecule is CC(C)ON1C(=O)CC(S(=O)(=O)O)C1=O.CC(C)ON1C(=O)CCC1=O. The lowest BCUT2D eigenvalue weighted by Crippen LogP contribution is -2.36. The number of imide groups is 2. The first-order valence-electron chi connectivity index (χ1n) is 7.87. The summed E-state index contributed by atoms with van der Waals surface area (Å²) in [5.74, 6) is -2.28. The Balaban J connectivity index is 0.000000273. The van der Waals surface area contributed by atoms with Gasteiger partial charge in [0.05, 0.1) is 18.6 Å². The van der Waals surface area contributed by atoms with E-state index < -0.39 is 39.7 Å². The van der Waals surface area contributed by atoms with Crippen molar-refractivity contribution in [2.24, 2.45) is 0 Å². The Bertz CT molecular complexity index is 671. The predicted octanol–water partition coefficient (Wildman–Crippen LogP) is -0.183. The van der Waals surface area contributed by atoms with E-state index in [1.165, 1.54) is 0 Å². The first kappa shape index (κ1) is 22.2. The molecule has 2 saturated heterocycles. The van der Waals surface area contributed by atoms with Crippen LogP contribution in [0.4, 0.5) is 0 Å². The standard InChI is InChI=1S/C7H11NO6S.C7H11NO3/c1-4(2)14-8-6(9)3-5(7(8)10)15(11,12)13;1-5(2)11-8-6(9)3-4-7(8)10/h4-5H,3H2,1-2H3,(H,11,12,13);5H,3-4H2,1-2H3. The number of carbonyl (C=O) groups excluding carboxylic acids is 4. The molecule has 0 aromatic carbocycles. The summed E-state index contributed by atoms with van der Waals surface area (Å²) >= 11 is 0. The molecule has 0 radical (unpaired) electrons. The zero-order valence-corrected chi connectivity index (χ0v) is 15.7. The van der Waals surface area contributed by atoms with Crippen LogP contribution in [0.1, 0.15) is 47.0 Å². The summed E-state index contributed by atoms with van der Waals surface area (Å²) < 4.78 is 30.1. The van der Waals surface area contributed by atoms with Crippen LogP contribution in [0.25, 0.3) is 0 Å². The third kappa shape index (κ3) is 5.83. The average molecular weight is 394 g/mol. The molecule has 4 amide bonds. The summed E-state index contributed by atoms with van der Waals surface area (Å²) in [4.78, 5) is 54.1. The van der Waals surface area contributed by atoms with Crippen LogP contribution < -0.4 is 0 Å². The van der Waals surface area contributed by atoms with Gasteiger partial charge < -0.3 is 0 Å². The molecular formula is C14H22N2O9S. The lowest BCUT2D eigenvalue weighted by molar-refractivity contribution is -0.198. The Morgan fingerprint density at radius 1 is 0.885 bits per heavy atom. The fraction of sp³-hybridized carbons (Fsp3) is 0.714. The van der Waals surface area contributed by atoms with Crippen LogP contribution in [0.15, 0.2) is 0 Å². The Morgan fingerprint density at radius 3 is 1.65 bits per heavy atom. The van der Waals surface area contributed by atoms with Gasteiger partial charge in [0.25, 0.3) is 33.7 Å². The van der Waals surface area contributed by atoms with Crippen LogP contribution in [-0.4, -0.2) is 64.2 Å². The van der Waals surface area contributed by atoms with Gasteiger partial charge in [0.15, 0.2) is 5.25 Å². The van der Waals surface area contributed by atoms with Gasteiger partial charge in [-0.25, -0.2) is 0 Å². The minimum atomic E-state index is -4.55. The first-order chi connectivity index (χ1) is 11.8. The smallest absolute Gasteiger partial charge is 0.277 e. The van der Waals surface area contributed by atoms with Gasteiger partial charge in [-0.2, -0.15) is 18.5 Å². The molecule has 1 N–H and O–H groups in total. The number of hydroxylamine groups is 4. The van der Waals surface area contributed by atoms with Crippen LogP contribution in [0.3, 0.4) is 0 Å². The van der Waals surface area contributed by atoms with Gasteiger partial charge in [-0.1, -0.05) is 0 Å². The zero-order chi connectivity index (χ0) is 20.2. The van der Waals surface area contributed by atoms with Gasteiger partial charge in [-0.15, -0.1) is 0 Å². The Kier molecular flexibility index (Phi) is 7.38. The molecule has 0 bridgehead atoms. The third-order valence-corrected chi connectivity index (χ3v) is 4.15. The quantitative estimate of drug-likeness (QED) is 0.495. The molecule has 1 unspecified atom stereocenters. The van der Waals surface area contributed by atoms with E-state index in [2.05, 4.69) is 0 Å². The molecule has 2 aliphatic heterocycles. The van der Waals surface area contributed by atoms with Crippen molar-refractivity contribution in [3.05, 3.63) is 0 Å². The number of carbonyl (C=O) groups is 4. The van der Waals surface area contributed by atoms with Gasteiger partial charge in [0.1, 0.15) is 0 Å². The maximum atomic E-state index is 11.3. The lowest BCUT2D eigenvalue weighted by atomic mass is 10.4. The van der Waals surface area contributed by atoms with Gasteiger partial charge in [0.2, 0.25) is 0 Å². The molecule has 2 heterocycles. The summed E-state index contributed by atoms with van der Waals surface area (Å²) in [7, 11) is -4.55. The molecule has 1 atom stereocenters. The number of nitrogens with zero attached hydrogens (tertiary/aromatic N) is 2. The fourth-order valence-electron chi connectivity index (χ4n) is 2.02. The second-order valence-electron chi connectivity index (χ2n) is 6.12. The molecule has 2 rings (SSSR count). The molecular weight excluding hydrogens is 372 g/mol. The molecule has 0 spiro atoms. The van der Waals surface area contributed by atoms with Crippen molar-refractivity contribution >= 4 is 33.7 Å². The topological polar surface area (TPSA) is 148 Å². The maximum absolute atomic E-state index is 11.3. The van der Waals surface area contributed by atoms with Crippen molar-refractivity contribution in [3.8, 4) is 0 Å². The minimum absolute atomic E-state index is 0.124. The van der Waals surface area contributed by atoms with Crippen molar-refractivity contribution in [2.45, 2.75) is 64.4 Å². The summed E-state index contributed by atoms with van der Waals surface area (Å²) in [6, 6.07) is 0. The van der Waals surface area contributed by atoms with Crippen LogP contribution >= 0.6 is 0 Å². The summed E-state index contributed by atoms with van der Waals surface area (Å²) in [6.45, 7) is 6.72. The van der Waals surface area contributed by atoms with E-state index in [1.54, 1.807) is 27.7 Å². The molecule has 0 aromatic rings. The van der Waals surface area contributed by atoms with E-state index in [0.717, 1.165) is 5.06 Å². The molecule has 26 heavy (non-hydrogen) atoms. The highest BCUT2D eigenvalue weighted by molar-refractivity contribution is 7.87. The highest BCUT2D eigenvalue weighted by Crippen LogP contribution is 2.20. The number of rotatable bonds is 5. The highest BCUT2D eigenvalue weighted by atomic mass is 32.2. The van der Waals surface area contributed by atoms with Crippen LogP contribution in [0.5, 0.6) is 0 Å². The second-order valence-corrected chi connectivity index (χ2v) is 7.72. The molecule has 148 valence electrons. The fourth-order valence-corrected chi connectivity index (χ4v) is 2.72. The van der Waals surface area contributed by atoms with E-state index in [1.807, 2.05) is 0 Å². The van der Waals surface area contributed by atoms with Crippen molar-refractivity contribution in [3.63, 3.8) is 0 Å². The highest BCUT2D eigenvalue weighted by Gasteiger charge is 2.47. The second kappa shape index (κ2) is 8.66. The predicted molar refractivity (Wildman–Crippen MR) is 85.3 cm³/mol. The molecule has 12 heteroatoms. The van der Waals surface area contributed by atoms with E-state index in [-0.39, 0.29) is 30.8 Å². The van der Waals surface area contributed by atoms with Crippen molar-refractivity contribution < 1.29 is 41.8 Å². The Labute approximate surface area is 150 Å². The van der Waals surface area contributed by atoms with Crippen molar-refractivity contribution in [1.82, 2.24) is 10.1 Å². The Morgan fingerprint density at radius 2 is 1.31 bits per heavy atom. The van der Waals surface area contributed by atoms with Crippen LogP contribution in [0.2, 0.25) is 0 Å². The van der Waals surface area contributed by atoms with Gasteiger partial charge in [-0.3, -0.25) is 33.4 Å². The summed E-state index contributed by atoms with van der Waals surface area (Å²) in [6.07, 6.45) is -0.569. The van der Waals surface area contributed by atoms with Crippen LogP contribution in [-0.2, 0) is 39.0 Å². The number of hydrogen-bond donors (Lipinski definition) is 1. The van der Waals surface area contributed by atoms with E-state index in [0.29, 0.717) is 5.06 Å². The van der Waals surface area contributed by atoms with Gasteiger partial charge >= 0.3 is 0 Å². The van der Waals surface area contributed by atoms with E-state index >= 15 is 0 Å². The average Bonchev–Trinajstić information content (AvgIpc) is 2.94. The number of hydrogen-bond acceptors (Lipinski definition) is 8. The van der Waals surface area contributed by atoms with E-state index in [4.69, 9.17) is 14.2 Å².